The Balaban J connectivity index is 1.71. The number of hydrogen-bond acceptors (Lipinski definition) is 5. The predicted octanol–water partition coefficient (Wildman–Crippen LogP) is 7.23. The van der Waals surface area contributed by atoms with Crippen LogP contribution in [0.5, 0.6) is 5.75 Å². The minimum absolute atomic E-state index is 0.0441. The quantitative estimate of drug-likeness (QED) is 0.131. The van der Waals surface area contributed by atoms with Crippen LogP contribution in [0.4, 0.5) is 5.69 Å². The molecule has 0 heterocycles. The fourth-order valence-corrected chi connectivity index (χ4v) is 4.70. The van der Waals surface area contributed by atoms with E-state index in [0.717, 1.165) is 4.90 Å². The fourth-order valence-electron chi connectivity index (χ4n) is 2.88. The van der Waals surface area contributed by atoms with Crippen molar-refractivity contribution in [3.63, 3.8) is 0 Å². The van der Waals surface area contributed by atoms with Crippen molar-refractivity contribution in [2.75, 3.05) is 18.2 Å². The Morgan fingerprint density at radius 1 is 0.853 bits per heavy atom. The van der Waals surface area contributed by atoms with E-state index in [1.54, 1.807) is 55.6 Å². The zero-order valence-electron chi connectivity index (χ0n) is 17.3. The molecular weight excluding hydrogens is 544 g/mol. The molecule has 1 amide bonds. The SMILES string of the molecule is COc1ccc(C(=O)CSc2ccc(NC(=O)c3c(Cl)c(Cl)c(Cl)c(Cl)c3C(=O)O)cc2)cc1. The topological polar surface area (TPSA) is 92.7 Å². The summed E-state index contributed by atoms with van der Waals surface area (Å²) in [6.07, 6.45) is 0. The molecule has 34 heavy (non-hydrogen) atoms. The number of benzene rings is 3. The van der Waals surface area contributed by atoms with E-state index in [1.165, 1.54) is 11.8 Å². The van der Waals surface area contributed by atoms with E-state index in [4.69, 9.17) is 51.1 Å². The minimum Gasteiger partial charge on any atom is -0.497 e. The maximum Gasteiger partial charge on any atom is 0.338 e. The first-order valence-corrected chi connectivity index (χ1v) is 11.9. The van der Waals surface area contributed by atoms with Gasteiger partial charge in [0.25, 0.3) is 5.91 Å². The molecule has 0 spiro atoms. The zero-order chi connectivity index (χ0) is 25.0. The van der Waals surface area contributed by atoms with Crippen molar-refractivity contribution < 1.29 is 24.2 Å². The molecule has 0 bridgehead atoms. The summed E-state index contributed by atoms with van der Waals surface area (Å²) in [4.78, 5) is 37.6. The van der Waals surface area contributed by atoms with Crippen LogP contribution >= 0.6 is 58.2 Å². The lowest BCUT2D eigenvalue weighted by Gasteiger charge is -2.14. The highest BCUT2D eigenvalue weighted by Crippen LogP contribution is 2.41. The maximum atomic E-state index is 12.8. The lowest BCUT2D eigenvalue weighted by atomic mass is 10.1. The molecule has 0 aliphatic carbocycles. The minimum atomic E-state index is -1.48. The summed E-state index contributed by atoms with van der Waals surface area (Å²) >= 11 is 25.3. The molecule has 0 aliphatic heterocycles. The fraction of sp³-hybridized carbons (Fsp3) is 0.0870. The molecule has 11 heteroatoms. The smallest absolute Gasteiger partial charge is 0.338 e. The summed E-state index contributed by atoms with van der Waals surface area (Å²) < 4.78 is 5.08. The van der Waals surface area contributed by atoms with Crippen LogP contribution in [-0.2, 0) is 0 Å². The van der Waals surface area contributed by atoms with Gasteiger partial charge in [-0.15, -0.1) is 11.8 Å². The van der Waals surface area contributed by atoms with Crippen LogP contribution in [0.25, 0.3) is 0 Å². The second-order valence-electron chi connectivity index (χ2n) is 6.73. The van der Waals surface area contributed by atoms with E-state index in [0.29, 0.717) is 17.0 Å². The summed E-state index contributed by atoms with van der Waals surface area (Å²) in [6.45, 7) is 0. The molecule has 3 aromatic carbocycles. The first kappa shape index (κ1) is 26.2. The number of amides is 1. The second-order valence-corrected chi connectivity index (χ2v) is 9.29. The van der Waals surface area contributed by atoms with Crippen LogP contribution in [-0.4, -0.2) is 35.6 Å². The number of carbonyl (C=O) groups is 3. The highest BCUT2D eigenvalue weighted by molar-refractivity contribution is 8.00. The number of carbonyl (C=O) groups excluding carboxylic acids is 2. The molecule has 0 unspecified atom stereocenters. The van der Waals surface area contributed by atoms with Crippen molar-refractivity contribution in [1.29, 1.82) is 0 Å². The Morgan fingerprint density at radius 2 is 1.41 bits per heavy atom. The van der Waals surface area contributed by atoms with E-state index < -0.39 is 23.0 Å². The third-order valence-electron chi connectivity index (χ3n) is 4.60. The summed E-state index contributed by atoms with van der Waals surface area (Å²) in [5.74, 6) is -1.46. The van der Waals surface area contributed by atoms with E-state index in [2.05, 4.69) is 5.32 Å². The first-order valence-electron chi connectivity index (χ1n) is 9.44. The molecule has 176 valence electrons. The molecule has 6 nitrogen and oxygen atoms in total. The lowest BCUT2D eigenvalue weighted by molar-refractivity contribution is 0.0692. The Kier molecular flexibility index (Phi) is 8.73. The molecule has 0 saturated heterocycles. The largest absolute Gasteiger partial charge is 0.497 e. The summed E-state index contributed by atoms with van der Waals surface area (Å²) in [7, 11) is 1.55. The molecule has 2 N–H and O–H groups in total. The highest BCUT2D eigenvalue weighted by Gasteiger charge is 2.28. The van der Waals surface area contributed by atoms with Gasteiger partial charge in [0.15, 0.2) is 5.78 Å². The number of methoxy groups -OCH3 is 1. The van der Waals surface area contributed by atoms with Crippen molar-refractivity contribution in [3.8, 4) is 5.75 Å². The zero-order valence-corrected chi connectivity index (χ0v) is 21.2. The summed E-state index contributed by atoms with van der Waals surface area (Å²) in [6, 6.07) is 13.5. The number of rotatable bonds is 8. The van der Waals surface area contributed by atoms with Gasteiger partial charge in [0.1, 0.15) is 5.75 Å². The Bertz CT molecular complexity index is 1260. The van der Waals surface area contributed by atoms with Crippen molar-refractivity contribution in [3.05, 3.63) is 85.3 Å². The number of hydrogen-bond donors (Lipinski definition) is 2. The third-order valence-corrected chi connectivity index (χ3v) is 7.42. The first-order chi connectivity index (χ1) is 16.1. The molecule has 3 aromatic rings. The van der Waals surface area contributed by atoms with E-state index >= 15 is 0 Å². The molecule has 0 radical (unpaired) electrons. The van der Waals surface area contributed by atoms with Gasteiger partial charge in [-0.05, 0) is 48.5 Å². The van der Waals surface area contributed by atoms with Gasteiger partial charge in [0, 0.05) is 16.1 Å². The Labute approximate surface area is 219 Å². The molecular formula is C23H15Cl4NO5S. The number of carboxylic acid groups (broad SMARTS) is 1. The van der Waals surface area contributed by atoms with Crippen molar-refractivity contribution in [2.24, 2.45) is 0 Å². The normalized spacial score (nSPS) is 10.6. The maximum absolute atomic E-state index is 12.8. The summed E-state index contributed by atoms with van der Waals surface area (Å²) in [5.41, 5.74) is -0.0195. The van der Waals surface area contributed by atoms with E-state index in [1.807, 2.05) is 0 Å². The number of Topliss-reactive ketones (excluding diaryl/α,β-unsaturated/α-hetero) is 1. The Hall–Kier alpha value is -2.42. The van der Waals surface area contributed by atoms with E-state index in [-0.39, 0.29) is 31.6 Å². The van der Waals surface area contributed by atoms with Gasteiger partial charge in [-0.2, -0.15) is 0 Å². The Morgan fingerprint density at radius 3 is 1.94 bits per heavy atom. The van der Waals surface area contributed by atoms with Gasteiger partial charge in [-0.3, -0.25) is 9.59 Å². The number of ether oxygens (including phenoxy) is 1. The standard InChI is InChI=1S/C23H15Cl4NO5S/c1-33-13-6-2-11(3-7-13)15(29)10-34-14-8-4-12(5-9-14)28-22(30)16-17(23(31)32)19(25)21(27)20(26)18(16)24/h2-9H,10H2,1H3,(H,28,30)(H,31,32). The van der Waals surface area contributed by atoms with Crippen LogP contribution in [0, 0.1) is 0 Å². The monoisotopic (exact) mass is 557 g/mol. The number of halogens is 4. The molecule has 0 aromatic heterocycles. The van der Waals surface area contributed by atoms with E-state index in [9.17, 15) is 19.5 Å². The van der Waals surface area contributed by atoms with Crippen LogP contribution in [0.15, 0.2) is 53.4 Å². The van der Waals surface area contributed by atoms with Gasteiger partial charge in [-0.25, -0.2) is 4.79 Å². The van der Waals surface area contributed by atoms with Crippen molar-refractivity contribution in [2.45, 2.75) is 4.90 Å². The molecule has 0 aliphatic rings. The third kappa shape index (κ3) is 5.79. The van der Waals surface area contributed by atoms with Gasteiger partial charge < -0.3 is 15.2 Å². The van der Waals surface area contributed by atoms with Crippen LogP contribution in [0.1, 0.15) is 31.1 Å². The number of thioether (sulfide) groups is 1. The predicted molar refractivity (Wildman–Crippen MR) is 136 cm³/mol. The number of anilines is 1. The number of carboxylic acids is 1. The molecule has 0 fully saturated rings. The molecule has 3 rings (SSSR count). The van der Waals surface area contributed by atoms with Crippen LogP contribution in [0.2, 0.25) is 20.1 Å². The number of aromatic carboxylic acids is 1. The van der Waals surface area contributed by atoms with Gasteiger partial charge in [-0.1, -0.05) is 46.4 Å². The summed E-state index contributed by atoms with van der Waals surface area (Å²) in [5, 5.41) is 10.9. The van der Waals surface area contributed by atoms with Crippen LogP contribution in [0.3, 0.4) is 0 Å². The van der Waals surface area contributed by atoms with Gasteiger partial charge in [0.2, 0.25) is 0 Å². The highest BCUT2D eigenvalue weighted by atomic mass is 35.5. The van der Waals surface area contributed by atoms with Gasteiger partial charge >= 0.3 is 5.97 Å². The number of ketones is 1. The van der Waals surface area contributed by atoms with Crippen molar-refractivity contribution in [1.82, 2.24) is 0 Å². The van der Waals surface area contributed by atoms with Crippen molar-refractivity contribution >= 4 is 81.5 Å². The van der Waals surface area contributed by atoms with Crippen LogP contribution < -0.4 is 10.1 Å². The average molecular weight is 559 g/mol. The average Bonchev–Trinajstić information content (AvgIpc) is 2.83. The lowest BCUT2D eigenvalue weighted by Crippen LogP contribution is -2.18. The number of nitrogens with one attached hydrogen (secondary N) is 1. The molecule has 0 saturated carbocycles. The second kappa shape index (κ2) is 11.3. The van der Waals surface area contributed by atoms with Gasteiger partial charge in [0.05, 0.1) is 44.1 Å². The molecule has 0 atom stereocenters.